The highest BCUT2D eigenvalue weighted by molar-refractivity contribution is 5.80. The topological polar surface area (TPSA) is 41.6 Å². The lowest BCUT2D eigenvalue weighted by Crippen LogP contribution is -2.57. The largest absolute Gasteiger partial charge is 0.468 e. The lowest BCUT2D eigenvalue weighted by Gasteiger charge is -2.36. The number of methoxy groups -OCH3 is 1. The third-order valence-electron chi connectivity index (χ3n) is 4.11. The number of ether oxygens (including phenoxy) is 1. The molecule has 3 atom stereocenters. The number of hydrogen-bond donors (Lipinski definition) is 1. The van der Waals surface area contributed by atoms with Gasteiger partial charge in [0.2, 0.25) is 0 Å². The summed E-state index contributed by atoms with van der Waals surface area (Å²) in [7, 11) is 3.27. The molecule has 1 aliphatic heterocycles. The van der Waals surface area contributed by atoms with Gasteiger partial charge in [-0.3, -0.25) is 9.69 Å². The molecule has 1 N–H and O–H groups in total. The average molecular weight is 242 g/mol. The molecule has 1 fully saturated rings. The fraction of sp³-hybridized carbons (Fsp3) is 0.923. The Labute approximate surface area is 105 Å². The zero-order valence-corrected chi connectivity index (χ0v) is 11.7. The SMILES string of the molecule is CCC1CCC(C)N1CC(C)(NC)C(=O)OC. The molecule has 0 spiro atoms. The minimum Gasteiger partial charge on any atom is -0.468 e. The van der Waals surface area contributed by atoms with Gasteiger partial charge in [-0.1, -0.05) is 6.92 Å². The number of carbonyl (C=O) groups is 1. The Balaban J connectivity index is 2.76. The molecule has 0 bridgehead atoms. The fourth-order valence-electron chi connectivity index (χ4n) is 2.68. The fourth-order valence-corrected chi connectivity index (χ4v) is 2.68. The van der Waals surface area contributed by atoms with Crippen LogP contribution in [0.2, 0.25) is 0 Å². The van der Waals surface area contributed by atoms with Gasteiger partial charge in [0.25, 0.3) is 0 Å². The van der Waals surface area contributed by atoms with Crippen LogP contribution in [0.25, 0.3) is 0 Å². The predicted octanol–water partition coefficient (Wildman–Crippen LogP) is 1.40. The van der Waals surface area contributed by atoms with E-state index in [4.69, 9.17) is 4.74 Å². The molecule has 1 aliphatic rings. The Morgan fingerprint density at radius 1 is 1.53 bits per heavy atom. The molecule has 0 aliphatic carbocycles. The maximum Gasteiger partial charge on any atom is 0.327 e. The quantitative estimate of drug-likeness (QED) is 0.740. The van der Waals surface area contributed by atoms with E-state index in [1.54, 1.807) is 0 Å². The highest BCUT2D eigenvalue weighted by atomic mass is 16.5. The first kappa shape index (κ1) is 14.5. The Kier molecular flexibility index (Phi) is 4.95. The summed E-state index contributed by atoms with van der Waals surface area (Å²) in [6.45, 7) is 7.08. The molecule has 1 saturated heterocycles. The maximum atomic E-state index is 11.8. The highest BCUT2D eigenvalue weighted by Gasteiger charge is 2.39. The normalized spacial score (nSPS) is 29.0. The summed E-state index contributed by atoms with van der Waals surface area (Å²) in [6, 6.07) is 1.15. The van der Waals surface area contributed by atoms with Crippen LogP contribution < -0.4 is 5.32 Å². The number of nitrogens with one attached hydrogen (secondary N) is 1. The number of nitrogens with zero attached hydrogens (tertiary/aromatic N) is 1. The van der Waals surface area contributed by atoms with Crippen molar-refractivity contribution in [2.75, 3.05) is 20.7 Å². The second kappa shape index (κ2) is 5.83. The summed E-state index contributed by atoms with van der Waals surface area (Å²) < 4.78 is 4.89. The van der Waals surface area contributed by atoms with Crippen LogP contribution in [-0.2, 0) is 9.53 Å². The summed E-state index contributed by atoms with van der Waals surface area (Å²) in [5, 5.41) is 3.11. The Morgan fingerprint density at radius 3 is 2.65 bits per heavy atom. The van der Waals surface area contributed by atoms with E-state index in [1.165, 1.54) is 20.0 Å². The Bertz CT molecular complexity index is 270. The maximum absolute atomic E-state index is 11.8. The third-order valence-corrected chi connectivity index (χ3v) is 4.11. The van der Waals surface area contributed by atoms with Gasteiger partial charge in [-0.15, -0.1) is 0 Å². The van der Waals surface area contributed by atoms with Gasteiger partial charge in [0, 0.05) is 18.6 Å². The number of carbonyl (C=O) groups excluding carboxylic acids is 1. The second-order valence-electron chi connectivity index (χ2n) is 5.23. The van der Waals surface area contributed by atoms with Gasteiger partial charge in [0.05, 0.1) is 7.11 Å². The van der Waals surface area contributed by atoms with E-state index in [-0.39, 0.29) is 5.97 Å². The molecule has 0 aromatic carbocycles. The van der Waals surface area contributed by atoms with Crippen molar-refractivity contribution >= 4 is 5.97 Å². The van der Waals surface area contributed by atoms with Crippen LogP contribution in [0.1, 0.15) is 40.0 Å². The molecule has 3 unspecified atom stereocenters. The zero-order valence-electron chi connectivity index (χ0n) is 11.7. The minimum atomic E-state index is -0.610. The van der Waals surface area contributed by atoms with Crippen molar-refractivity contribution in [1.29, 1.82) is 0 Å². The molecule has 0 amide bonds. The van der Waals surface area contributed by atoms with Gasteiger partial charge in [-0.2, -0.15) is 0 Å². The van der Waals surface area contributed by atoms with Gasteiger partial charge in [0.1, 0.15) is 5.54 Å². The smallest absolute Gasteiger partial charge is 0.327 e. The summed E-state index contributed by atoms with van der Waals surface area (Å²) in [6.07, 6.45) is 3.60. The van der Waals surface area contributed by atoms with Crippen LogP contribution in [0.5, 0.6) is 0 Å². The third kappa shape index (κ3) is 2.99. The number of hydrogen-bond acceptors (Lipinski definition) is 4. The van der Waals surface area contributed by atoms with Gasteiger partial charge in [-0.25, -0.2) is 0 Å². The van der Waals surface area contributed by atoms with Crippen molar-refractivity contribution in [3.63, 3.8) is 0 Å². The lowest BCUT2D eigenvalue weighted by molar-refractivity contribution is -0.148. The molecule has 4 nitrogen and oxygen atoms in total. The average Bonchev–Trinajstić information content (AvgIpc) is 2.69. The molecule has 0 radical (unpaired) electrons. The van der Waals surface area contributed by atoms with Crippen LogP contribution in [0.3, 0.4) is 0 Å². The van der Waals surface area contributed by atoms with Gasteiger partial charge in [0.15, 0.2) is 0 Å². The van der Waals surface area contributed by atoms with Crippen LogP contribution in [0, 0.1) is 0 Å². The van der Waals surface area contributed by atoms with Gasteiger partial charge >= 0.3 is 5.97 Å². The van der Waals surface area contributed by atoms with Crippen molar-refractivity contribution in [2.24, 2.45) is 0 Å². The van der Waals surface area contributed by atoms with Crippen LogP contribution in [0.4, 0.5) is 0 Å². The molecular formula is C13H26N2O2. The van der Waals surface area contributed by atoms with Crippen LogP contribution >= 0.6 is 0 Å². The number of likely N-dealkylation sites (N-methyl/N-ethyl adjacent to an activating group) is 1. The van der Waals surface area contributed by atoms with E-state index in [2.05, 4.69) is 24.1 Å². The predicted molar refractivity (Wildman–Crippen MR) is 69.0 cm³/mol. The van der Waals surface area contributed by atoms with Crippen molar-refractivity contribution in [1.82, 2.24) is 10.2 Å². The van der Waals surface area contributed by atoms with E-state index in [1.807, 2.05) is 14.0 Å². The Hall–Kier alpha value is -0.610. The van der Waals surface area contributed by atoms with Crippen LogP contribution in [0.15, 0.2) is 0 Å². The lowest BCUT2D eigenvalue weighted by atomic mass is 10.0. The first-order valence-corrected chi connectivity index (χ1v) is 6.51. The number of rotatable bonds is 5. The molecule has 0 aromatic heterocycles. The molecular weight excluding hydrogens is 216 g/mol. The second-order valence-corrected chi connectivity index (χ2v) is 5.23. The molecule has 1 heterocycles. The first-order valence-electron chi connectivity index (χ1n) is 6.51. The number of esters is 1. The summed E-state index contributed by atoms with van der Waals surface area (Å²) in [5.41, 5.74) is -0.610. The van der Waals surface area contributed by atoms with Crippen molar-refractivity contribution in [2.45, 2.75) is 57.7 Å². The monoisotopic (exact) mass is 242 g/mol. The van der Waals surface area contributed by atoms with Crippen molar-refractivity contribution in [3.8, 4) is 0 Å². The summed E-state index contributed by atoms with van der Waals surface area (Å²) in [4.78, 5) is 14.3. The highest BCUT2D eigenvalue weighted by Crippen LogP contribution is 2.27. The molecule has 0 aromatic rings. The van der Waals surface area contributed by atoms with Gasteiger partial charge in [-0.05, 0) is 40.2 Å². The van der Waals surface area contributed by atoms with Crippen molar-refractivity contribution in [3.05, 3.63) is 0 Å². The van der Waals surface area contributed by atoms with E-state index in [9.17, 15) is 4.79 Å². The molecule has 4 heteroatoms. The van der Waals surface area contributed by atoms with Crippen LogP contribution in [-0.4, -0.2) is 49.2 Å². The number of likely N-dealkylation sites (tertiary alicyclic amines) is 1. The molecule has 0 saturated carbocycles. The standard InChI is InChI=1S/C13H26N2O2/c1-6-11-8-7-10(2)15(11)9-13(3,14-4)12(16)17-5/h10-11,14H,6-9H2,1-5H3. The van der Waals surface area contributed by atoms with E-state index < -0.39 is 5.54 Å². The van der Waals surface area contributed by atoms with E-state index >= 15 is 0 Å². The minimum absolute atomic E-state index is 0.186. The molecule has 1 rings (SSSR count). The Morgan fingerprint density at radius 2 is 2.18 bits per heavy atom. The van der Waals surface area contributed by atoms with E-state index in [0.717, 1.165) is 13.0 Å². The van der Waals surface area contributed by atoms with Crippen molar-refractivity contribution < 1.29 is 9.53 Å². The molecule has 17 heavy (non-hydrogen) atoms. The molecule has 100 valence electrons. The zero-order chi connectivity index (χ0) is 13.1. The summed E-state index contributed by atoms with van der Waals surface area (Å²) >= 11 is 0. The van der Waals surface area contributed by atoms with Gasteiger partial charge < -0.3 is 10.1 Å². The summed E-state index contributed by atoms with van der Waals surface area (Å²) in [5.74, 6) is -0.186. The first-order chi connectivity index (χ1) is 7.98. The van der Waals surface area contributed by atoms with E-state index in [0.29, 0.717) is 12.1 Å².